The van der Waals surface area contributed by atoms with Crippen LogP contribution in [0.5, 0.6) is 0 Å². The monoisotopic (exact) mass is 359 g/mol. The first-order chi connectivity index (χ1) is 5.91. The molecule has 0 saturated carbocycles. The number of carboxylic acid groups (broad SMARTS) is 3. The van der Waals surface area contributed by atoms with Crippen molar-refractivity contribution in [1.82, 2.24) is 4.90 Å². The van der Waals surface area contributed by atoms with Crippen molar-refractivity contribution in [2.45, 2.75) is 0 Å². The third kappa shape index (κ3) is 33.8. The Labute approximate surface area is 236 Å². The molecule has 98 valence electrons. The van der Waals surface area contributed by atoms with Crippen molar-refractivity contribution >= 4 is 17.9 Å². The SMILES string of the molecule is O.O.O.O=C([O-])CN(CC(=O)[O-])CC(=O)[O-].[K+].[K+].[K+]. The molecule has 19 heavy (non-hydrogen) atoms. The number of aliphatic carboxylic acids is 3. The summed E-state index contributed by atoms with van der Waals surface area (Å²) in [6.07, 6.45) is 0. The van der Waals surface area contributed by atoms with Crippen molar-refractivity contribution in [3.63, 3.8) is 0 Å². The van der Waals surface area contributed by atoms with Gasteiger partial charge in [0, 0.05) is 19.6 Å². The van der Waals surface area contributed by atoms with Crippen LogP contribution in [-0.2, 0) is 14.4 Å². The molecule has 0 aromatic rings. The van der Waals surface area contributed by atoms with Gasteiger partial charge in [0.2, 0.25) is 0 Å². The van der Waals surface area contributed by atoms with Crippen molar-refractivity contribution in [2.75, 3.05) is 19.6 Å². The molecule has 0 aromatic carbocycles. The van der Waals surface area contributed by atoms with E-state index in [2.05, 4.69) is 0 Å². The van der Waals surface area contributed by atoms with E-state index >= 15 is 0 Å². The summed E-state index contributed by atoms with van der Waals surface area (Å²) in [6, 6.07) is 0. The molecule has 0 fully saturated rings. The summed E-state index contributed by atoms with van der Waals surface area (Å²) < 4.78 is 0. The number of hydrogen-bond acceptors (Lipinski definition) is 7. The molecule has 10 nitrogen and oxygen atoms in total. The average molecular weight is 359 g/mol. The van der Waals surface area contributed by atoms with Crippen LogP contribution < -0.4 is 169 Å². The van der Waals surface area contributed by atoms with E-state index in [0.29, 0.717) is 4.90 Å². The Balaban J connectivity index is -0.0000000480. The standard InChI is InChI=1S/C6H9NO6.3K.3H2O/c8-4(9)1-7(2-5(10)11)3-6(12)13;;;;;;/h1-3H2,(H,8,9)(H,10,11)(H,12,13);;;;3*1H2/q;3*+1;;;/p-3. The van der Waals surface area contributed by atoms with Gasteiger partial charge in [-0.25, -0.2) is 0 Å². The molecule has 13 heteroatoms. The summed E-state index contributed by atoms with van der Waals surface area (Å²) in [7, 11) is 0. The zero-order valence-electron chi connectivity index (χ0n) is 11.0. The molecule has 0 bridgehead atoms. The summed E-state index contributed by atoms with van der Waals surface area (Å²) in [4.78, 5) is 30.6. The van der Waals surface area contributed by atoms with Gasteiger partial charge in [0.25, 0.3) is 0 Å². The second-order valence-electron chi connectivity index (χ2n) is 2.26. The molecular weight excluding hydrogens is 347 g/mol. The van der Waals surface area contributed by atoms with E-state index in [-0.39, 0.29) is 171 Å². The van der Waals surface area contributed by atoms with Crippen LogP contribution in [0.3, 0.4) is 0 Å². The summed E-state index contributed by atoms with van der Waals surface area (Å²) in [5.74, 6) is -4.70. The van der Waals surface area contributed by atoms with Gasteiger partial charge in [-0.2, -0.15) is 0 Å². The van der Waals surface area contributed by atoms with Crippen LogP contribution in [0.15, 0.2) is 0 Å². The third-order valence-corrected chi connectivity index (χ3v) is 1.06. The van der Waals surface area contributed by atoms with Crippen LogP contribution >= 0.6 is 0 Å². The van der Waals surface area contributed by atoms with Gasteiger partial charge in [-0.15, -0.1) is 0 Å². The van der Waals surface area contributed by atoms with Gasteiger partial charge < -0.3 is 46.1 Å². The molecule has 0 heterocycles. The maximum Gasteiger partial charge on any atom is 1.00 e. The average Bonchev–Trinajstić information content (AvgIpc) is 1.80. The van der Waals surface area contributed by atoms with E-state index in [4.69, 9.17) is 0 Å². The van der Waals surface area contributed by atoms with Gasteiger partial charge in [-0.05, 0) is 0 Å². The molecule has 0 saturated heterocycles. The van der Waals surface area contributed by atoms with Crippen LogP contribution in [0.4, 0.5) is 0 Å². The van der Waals surface area contributed by atoms with Crippen molar-refractivity contribution in [3.8, 4) is 0 Å². The Bertz CT molecular complexity index is 202. The van der Waals surface area contributed by atoms with Gasteiger partial charge in [-0.1, -0.05) is 0 Å². The molecule has 0 radical (unpaired) electrons. The predicted molar refractivity (Wildman–Crippen MR) is 42.3 cm³/mol. The Hall–Kier alpha value is 3.16. The Morgan fingerprint density at radius 3 is 0.895 bits per heavy atom. The Morgan fingerprint density at radius 1 is 0.632 bits per heavy atom. The quantitative estimate of drug-likeness (QED) is 0.416. The second kappa shape index (κ2) is 26.1. The fraction of sp³-hybridized carbons (Fsp3) is 0.500. The number of carbonyl (C=O) groups is 3. The number of carbonyl (C=O) groups excluding carboxylic acids is 3. The molecule has 6 N–H and O–H groups in total. The smallest absolute Gasteiger partial charge is 0.549 e. The van der Waals surface area contributed by atoms with E-state index in [9.17, 15) is 29.7 Å². The first-order valence-corrected chi connectivity index (χ1v) is 3.23. The van der Waals surface area contributed by atoms with Crippen LogP contribution in [0.1, 0.15) is 0 Å². The molecule has 0 aromatic heterocycles. The molecule has 0 unspecified atom stereocenters. The third-order valence-electron chi connectivity index (χ3n) is 1.06. The zero-order chi connectivity index (χ0) is 10.4. The minimum Gasteiger partial charge on any atom is -0.549 e. The molecule has 0 aliphatic rings. The first-order valence-electron chi connectivity index (χ1n) is 3.23. The molecule has 0 aliphatic heterocycles. The van der Waals surface area contributed by atoms with Crippen molar-refractivity contribution in [2.24, 2.45) is 0 Å². The zero-order valence-corrected chi connectivity index (χ0v) is 20.4. The molecule has 0 aliphatic carbocycles. The topological polar surface area (TPSA) is 218 Å². The fourth-order valence-corrected chi connectivity index (χ4v) is 0.715. The fourth-order valence-electron chi connectivity index (χ4n) is 0.715. The Kier molecular flexibility index (Phi) is 59.3. The Morgan fingerprint density at radius 2 is 0.789 bits per heavy atom. The summed E-state index contributed by atoms with van der Waals surface area (Å²) in [5.41, 5.74) is 0. The summed E-state index contributed by atoms with van der Waals surface area (Å²) in [6.45, 7) is -2.37. The molecule has 0 amide bonds. The maximum atomic E-state index is 9.99. The summed E-state index contributed by atoms with van der Waals surface area (Å²) in [5, 5.41) is 30.0. The van der Waals surface area contributed by atoms with Crippen molar-refractivity contribution in [1.29, 1.82) is 0 Å². The predicted octanol–water partition coefficient (Wildman–Crippen LogP) is -16.9. The van der Waals surface area contributed by atoms with Crippen LogP contribution in [-0.4, -0.2) is 58.9 Å². The minimum absolute atomic E-state index is 0. The van der Waals surface area contributed by atoms with Crippen molar-refractivity contribution in [3.05, 3.63) is 0 Å². The van der Waals surface area contributed by atoms with Gasteiger partial charge in [-0.3, -0.25) is 4.90 Å². The number of rotatable bonds is 6. The number of hydrogen-bond donors (Lipinski definition) is 0. The van der Waals surface area contributed by atoms with E-state index in [1.165, 1.54) is 0 Å². The van der Waals surface area contributed by atoms with Gasteiger partial charge in [0.1, 0.15) is 0 Å². The second-order valence-corrected chi connectivity index (χ2v) is 2.26. The van der Waals surface area contributed by atoms with E-state index < -0.39 is 37.5 Å². The van der Waals surface area contributed by atoms with Gasteiger partial charge in [0.05, 0.1) is 17.9 Å². The summed E-state index contributed by atoms with van der Waals surface area (Å²) >= 11 is 0. The van der Waals surface area contributed by atoms with Gasteiger partial charge in [0.15, 0.2) is 0 Å². The number of nitrogens with zero attached hydrogens (tertiary/aromatic N) is 1. The van der Waals surface area contributed by atoms with E-state index in [0.717, 1.165) is 0 Å². The first kappa shape index (κ1) is 43.2. The molecule has 0 atom stereocenters. The normalized spacial score (nSPS) is 6.79. The van der Waals surface area contributed by atoms with Crippen LogP contribution in [0.2, 0.25) is 0 Å². The van der Waals surface area contributed by atoms with Crippen LogP contribution in [0.25, 0.3) is 0 Å². The largest absolute Gasteiger partial charge is 1.00 e. The van der Waals surface area contributed by atoms with Gasteiger partial charge >= 0.3 is 154 Å². The maximum absolute atomic E-state index is 9.99. The number of carboxylic acids is 3. The van der Waals surface area contributed by atoms with E-state index in [1.807, 2.05) is 0 Å². The molecule has 0 spiro atoms. The molecular formula is C6H12K3NO9. The molecule has 0 rings (SSSR count). The van der Waals surface area contributed by atoms with Crippen LogP contribution in [0, 0.1) is 0 Å². The van der Waals surface area contributed by atoms with Crippen molar-refractivity contribution < 1.29 is 200 Å². The van der Waals surface area contributed by atoms with E-state index in [1.54, 1.807) is 0 Å². The minimum atomic E-state index is -1.57.